The fraction of sp³-hybridized carbons (Fsp3) is 0.294. The van der Waals surface area contributed by atoms with Gasteiger partial charge in [-0.3, -0.25) is 0 Å². The fourth-order valence-electron chi connectivity index (χ4n) is 2.30. The number of hydrogen-bond donors (Lipinski definition) is 3. The van der Waals surface area contributed by atoms with E-state index in [4.69, 9.17) is 10.8 Å². The van der Waals surface area contributed by atoms with Gasteiger partial charge < -0.3 is 16.2 Å². The van der Waals surface area contributed by atoms with Crippen LogP contribution in [0.1, 0.15) is 0 Å². The van der Waals surface area contributed by atoms with Gasteiger partial charge in [0.1, 0.15) is 0 Å². The van der Waals surface area contributed by atoms with Gasteiger partial charge in [0.2, 0.25) is 0 Å². The van der Waals surface area contributed by atoms with Crippen molar-refractivity contribution in [2.24, 2.45) is 0 Å². The molecule has 0 saturated heterocycles. The standard InChI is InChI=1S/C17H24N2OSi/c1-21(2,3)15-7-4-13(5-8-15)16-12-14(18)6-9-17(16)19-10-11-20/h4-9,12,19-20H,10-11,18H2,1-3H3. The summed E-state index contributed by atoms with van der Waals surface area (Å²) < 4.78 is 0. The maximum absolute atomic E-state index is 8.99. The number of aliphatic hydroxyl groups is 1. The summed E-state index contributed by atoms with van der Waals surface area (Å²) in [6, 6.07) is 14.6. The van der Waals surface area contributed by atoms with Crippen molar-refractivity contribution in [2.45, 2.75) is 19.6 Å². The summed E-state index contributed by atoms with van der Waals surface area (Å²) in [6.07, 6.45) is 0. The molecule has 0 bridgehead atoms. The first-order chi connectivity index (χ1) is 9.91. The molecule has 0 atom stereocenters. The largest absolute Gasteiger partial charge is 0.399 e. The Bertz CT molecular complexity index is 603. The first-order valence-electron chi connectivity index (χ1n) is 7.27. The maximum Gasteiger partial charge on any atom is 0.0775 e. The number of nitrogen functional groups attached to an aromatic ring is 1. The van der Waals surface area contributed by atoms with Crippen LogP contribution in [0.2, 0.25) is 19.6 Å². The molecule has 0 fully saturated rings. The SMILES string of the molecule is C[Si](C)(C)c1ccc(-c2cc(N)ccc2NCCO)cc1. The molecule has 112 valence electrons. The van der Waals surface area contributed by atoms with Crippen molar-refractivity contribution in [3.8, 4) is 11.1 Å². The van der Waals surface area contributed by atoms with E-state index in [2.05, 4.69) is 49.2 Å². The van der Waals surface area contributed by atoms with Crippen molar-refractivity contribution >= 4 is 24.6 Å². The van der Waals surface area contributed by atoms with Crippen molar-refractivity contribution in [3.05, 3.63) is 42.5 Å². The van der Waals surface area contributed by atoms with E-state index in [0.29, 0.717) is 6.54 Å². The molecule has 4 N–H and O–H groups in total. The van der Waals surface area contributed by atoms with Crippen molar-refractivity contribution in [2.75, 3.05) is 24.2 Å². The molecule has 0 aliphatic heterocycles. The molecule has 0 heterocycles. The highest BCUT2D eigenvalue weighted by atomic mass is 28.3. The average molecular weight is 300 g/mol. The lowest BCUT2D eigenvalue weighted by molar-refractivity contribution is 0.311. The molecular formula is C17H24N2OSi. The first-order valence-corrected chi connectivity index (χ1v) is 10.8. The zero-order chi connectivity index (χ0) is 15.5. The second-order valence-electron chi connectivity index (χ2n) is 6.28. The Morgan fingerprint density at radius 1 is 1.05 bits per heavy atom. The lowest BCUT2D eigenvalue weighted by atomic mass is 10.0. The van der Waals surface area contributed by atoms with Gasteiger partial charge in [0.05, 0.1) is 14.7 Å². The van der Waals surface area contributed by atoms with E-state index in [-0.39, 0.29) is 6.61 Å². The quantitative estimate of drug-likeness (QED) is 0.588. The lowest BCUT2D eigenvalue weighted by Gasteiger charge is -2.18. The number of hydrogen-bond acceptors (Lipinski definition) is 3. The van der Waals surface area contributed by atoms with Gasteiger partial charge in [-0.05, 0) is 23.8 Å². The molecule has 21 heavy (non-hydrogen) atoms. The lowest BCUT2D eigenvalue weighted by Crippen LogP contribution is -2.37. The molecule has 2 rings (SSSR count). The van der Waals surface area contributed by atoms with E-state index in [1.807, 2.05) is 18.2 Å². The van der Waals surface area contributed by atoms with Gasteiger partial charge in [-0.25, -0.2) is 0 Å². The molecule has 0 unspecified atom stereocenters. The Hall–Kier alpha value is -1.78. The van der Waals surface area contributed by atoms with Crippen molar-refractivity contribution in [1.82, 2.24) is 0 Å². The van der Waals surface area contributed by atoms with Crippen LogP contribution in [0.15, 0.2) is 42.5 Å². The van der Waals surface area contributed by atoms with Gasteiger partial charge in [-0.2, -0.15) is 0 Å². The van der Waals surface area contributed by atoms with Crippen LogP contribution in [0.25, 0.3) is 11.1 Å². The minimum Gasteiger partial charge on any atom is -0.399 e. The number of nitrogens with one attached hydrogen (secondary N) is 1. The summed E-state index contributed by atoms with van der Waals surface area (Å²) in [6.45, 7) is 7.67. The third kappa shape index (κ3) is 3.86. The molecule has 2 aromatic carbocycles. The first kappa shape index (κ1) is 15.6. The predicted molar refractivity (Wildman–Crippen MR) is 94.8 cm³/mol. The van der Waals surface area contributed by atoms with Gasteiger partial charge in [0.15, 0.2) is 0 Å². The van der Waals surface area contributed by atoms with Crippen LogP contribution in [0.5, 0.6) is 0 Å². The van der Waals surface area contributed by atoms with Crippen LogP contribution >= 0.6 is 0 Å². The van der Waals surface area contributed by atoms with E-state index < -0.39 is 8.07 Å². The minimum atomic E-state index is -1.28. The Morgan fingerprint density at radius 2 is 1.71 bits per heavy atom. The monoisotopic (exact) mass is 300 g/mol. The zero-order valence-corrected chi connectivity index (χ0v) is 14.0. The second-order valence-corrected chi connectivity index (χ2v) is 11.4. The molecule has 0 amide bonds. The highest BCUT2D eigenvalue weighted by Crippen LogP contribution is 2.29. The van der Waals surface area contributed by atoms with Crippen molar-refractivity contribution in [1.29, 1.82) is 0 Å². The maximum atomic E-state index is 8.99. The Kier molecular flexibility index (Phi) is 4.70. The topological polar surface area (TPSA) is 58.3 Å². The Morgan fingerprint density at radius 3 is 2.29 bits per heavy atom. The van der Waals surface area contributed by atoms with Gasteiger partial charge >= 0.3 is 0 Å². The molecule has 2 aromatic rings. The molecular weight excluding hydrogens is 276 g/mol. The van der Waals surface area contributed by atoms with Crippen LogP contribution in [0.3, 0.4) is 0 Å². The summed E-state index contributed by atoms with van der Waals surface area (Å²) >= 11 is 0. The molecule has 0 saturated carbocycles. The van der Waals surface area contributed by atoms with E-state index in [0.717, 1.165) is 22.5 Å². The van der Waals surface area contributed by atoms with E-state index in [9.17, 15) is 0 Å². The summed E-state index contributed by atoms with van der Waals surface area (Å²) in [5.41, 5.74) is 9.88. The van der Waals surface area contributed by atoms with Crippen LogP contribution < -0.4 is 16.2 Å². The van der Waals surface area contributed by atoms with Gasteiger partial charge in [-0.15, -0.1) is 0 Å². The summed E-state index contributed by atoms with van der Waals surface area (Å²) in [5.74, 6) is 0. The second kappa shape index (κ2) is 6.33. The number of rotatable bonds is 5. The van der Waals surface area contributed by atoms with E-state index >= 15 is 0 Å². The van der Waals surface area contributed by atoms with E-state index in [1.54, 1.807) is 0 Å². The Balaban J connectivity index is 2.38. The van der Waals surface area contributed by atoms with Crippen molar-refractivity contribution < 1.29 is 5.11 Å². The average Bonchev–Trinajstić information content (AvgIpc) is 2.45. The zero-order valence-electron chi connectivity index (χ0n) is 13.0. The van der Waals surface area contributed by atoms with Crippen molar-refractivity contribution in [3.63, 3.8) is 0 Å². The highest BCUT2D eigenvalue weighted by molar-refractivity contribution is 6.88. The third-order valence-electron chi connectivity index (χ3n) is 3.53. The number of benzene rings is 2. The van der Waals surface area contributed by atoms with Crippen LogP contribution in [-0.4, -0.2) is 26.3 Å². The Labute approximate surface area is 127 Å². The molecule has 0 radical (unpaired) electrons. The summed E-state index contributed by atoms with van der Waals surface area (Å²) in [5, 5.41) is 13.7. The number of anilines is 2. The molecule has 4 heteroatoms. The van der Waals surface area contributed by atoms with E-state index in [1.165, 1.54) is 5.19 Å². The number of aliphatic hydroxyl groups excluding tert-OH is 1. The smallest absolute Gasteiger partial charge is 0.0775 e. The van der Waals surface area contributed by atoms with Gasteiger partial charge in [0.25, 0.3) is 0 Å². The van der Waals surface area contributed by atoms with Crippen LogP contribution in [-0.2, 0) is 0 Å². The van der Waals surface area contributed by atoms with Crippen LogP contribution in [0.4, 0.5) is 11.4 Å². The minimum absolute atomic E-state index is 0.110. The van der Waals surface area contributed by atoms with Crippen LogP contribution in [0, 0.1) is 0 Å². The molecule has 0 aromatic heterocycles. The number of nitrogens with two attached hydrogens (primary N) is 1. The van der Waals surface area contributed by atoms with Gasteiger partial charge in [-0.1, -0.05) is 49.1 Å². The highest BCUT2D eigenvalue weighted by Gasteiger charge is 2.16. The molecule has 0 aliphatic rings. The normalized spacial score (nSPS) is 11.4. The fourth-order valence-corrected chi connectivity index (χ4v) is 3.46. The molecule has 3 nitrogen and oxygen atoms in total. The predicted octanol–water partition coefficient (Wildman–Crippen LogP) is 2.89. The summed E-state index contributed by atoms with van der Waals surface area (Å²) in [4.78, 5) is 0. The molecule has 0 aliphatic carbocycles. The van der Waals surface area contributed by atoms with Gasteiger partial charge in [0, 0.05) is 23.5 Å². The third-order valence-corrected chi connectivity index (χ3v) is 5.60. The summed E-state index contributed by atoms with van der Waals surface area (Å²) in [7, 11) is -1.28. The molecule has 0 spiro atoms.